The van der Waals surface area contributed by atoms with Crippen molar-refractivity contribution in [1.29, 1.82) is 0 Å². The van der Waals surface area contributed by atoms with Crippen LogP contribution in [0, 0.1) is 6.92 Å². The van der Waals surface area contributed by atoms with E-state index in [0.29, 0.717) is 24.6 Å². The van der Waals surface area contributed by atoms with E-state index in [1.165, 1.54) is 0 Å². The molecule has 0 amide bonds. The Hall–Kier alpha value is -0.700. The third-order valence-electron chi connectivity index (χ3n) is 3.62. The molecular formula is C12H21N4O4PS. The summed E-state index contributed by atoms with van der Waals surface area (Å²) in [6.07, 6.45) is 2.34. The van der Waals surface area contributed by atoms with E-state index in [1.54, 1.807) is 24.9 Å². The standard InChI is InChI=1S/C12H21N4O4PS/c1-8-11(3-4-20-21(17,18)19)22-7-16(8)6-10-5-14-9(2)15-12(10)13/h5,8,11H,3-4,6-7H2,1-2H3,(H2,13,14,15)(H2,17,18,19)/t8?,11-/m0/s1. The minimum atomic E-state index is -4.38. The first kappa shape index (κ1) is 17.7. The van der Waals surface area contributed by atoms with Gasteiger partial charge in [-0.1, -0.05) is 0 Å². The topological polar surface area (TPSA) is 122 Å². The van der Waals surface area contributed by atoms with Gasteiger partial charge in [-0.3, -0.25) is 9.42 Å². The second-order valence-corrected chi connectivity index (χ2v) is 7.70. The first-order valence-electron chi connectivity index (χ1n) is 6.90. The number of nitrogens with two attached hydrogens (primary N) is 1. The molecule has 2 heterocycles. The Morgan fingerprint density at radius 2 is 2.32 bits per heavy atom. The lowest BCUT2D eigenvalue weighted by atomic mass is 10.1. The highest BCUT2D eigenvalue weighted by Gasteiger charge is 2.32. The Morgan fingerprint density at radius 1 is 1.59 bits per heavy atom. The second kappa shape index (κ2) is 7.25. The molecule has 0 spiro atoms. The van der Waals surface area contributed by atoms with Crippen molar-refractivity contribution in [2.24, 2.45) is 0 Å². The Labute approximate surface area is 133 Å². The van der Waals surface area contributed by atoms with Crippen molar-refractivity contribution in [2.75, 3.05) is 18.2 Å². The lowest BCUT2D eigenvalue weighted by Crippen LogP contribution is -2.32. The van der Waals surface area contributed by atoms with Gasteiger partial charge in [0.05, 0.1) is 6.61 Å². The predicted molar refractivity (Wildman–Crippen MR) is 85.0 cm³/mol. The van der Waals surface area contributed by atoms with Gasteiger partial charge in [0.25, 0.3) is 0 Å². The molecule has 4 N–H and O–H groups in total. The minimum absolute atomic E-state index is 0.0515. The van der Waals surface area contributed by atoms with Gasteiger partial charge in [0, 0.05) is 35.5 Å². The first-order chi connectivity index (χ1) is 10.3. The molecule has 2 atom stereocenters. The van der Waals surface area contributed by atoms with Crippen molar-refractivity contribution in [3.63, 3.8) is 0 Å². The van der Waals surface area contributed by atoms with E-state index >= 15 is 0 Å². The van der Waals surface area contributed by atoms with Crippen LogP contribution in [0.15, 0.2) is 6.20 Å². The number of nitrogens with zero attached hydrogens (tertiary/aromatic N) is 3. The highest BCUT2D eigenvalue weighted by Crippen LogP contribution is 2.38. The van der Waals surface area contributed by atoms with E-state index < -0.39 is 7.82 Å². The lowest BCUT2D eigenvalue weighted by molar-refractivity contribution is 0.185. The average Bonchev–Trinajstić information content (AvgIpc) is 2.73. The summed E-state index contributed by atoms with van der Waals surface area (Å²) in [5.41, 5.74) is 6.81. The Morgan fingerprint density at radius 3 is 2.95 bits per heavy atom. The summed E-state index contributed by atoms with van der Waals surface area (Å²) in [5, 5.41) is 0.263. The summed E-state index contributed by atoms with van der Waals surface area (Å²) in [6, 6.07) is 0.256. The van der Waals surface area contributed by atoms with Gasteiger partial charge in [0.15, 0.2) is 0 Å². The van der Waals surface area contributed by atoms with Crippen LogP contribution in [0.4, 0.5) is 5.82 Å². The molecule has 2 rings (SSSR count). The molecule has 0 saturated carbocycles. The van der Waals surface area contributed by atoms with Crippen LogP contribution >= 0.6 is 19.6 Å². The Kier molecular flexibility index (Phi) is 5.81. The largest absolute Gasteiger partial charge is 0.469 e. The van der Waals surface area contributed by atoms with Crippen molar-refractivity contribution in [1.82, 2.24) is 14.9 Å². The number of aromatic nitrogens is 2. The van der Waals surface area contributed by atoms with Gasteiger partial charge in [-0.2, -0.15) is 0 Å². The van der Waals surface area contributed by atoms with Crippen molar-refractivity contribution in [2.45, 2.75) is 38.1 Å². The summed E-state index contributed by atoms with van der Waals surface area (Å²) in [6.45, 7) is 4.60. The minimum Gasteiger partial charge on any atom is -0.383 e. The highest BCUT2D eigenvalue weighted by molar-refractivity contribution is 8.00. The Balaban J connectivity index is 1.88. The van der Waals surface area contributed by atoms with E-state index in [0.717, 1.165) is 11.4 Å². The molecule has 0 bridgehead atoms. The third kappa shape index (κ3) is 4.91. The van der Waals surface area contributed by atoms with Crippen LogP contribution < -0.4 is 5.73 Å². The van der Waals surface area contributed by atoms with Crippen LogP contribution in [0.1, 0.15) is 24.7 Å². The predicted octanol–water partition coefficient (Wildman–Crippen LogP) is 1.13. The number of nitrogen functional groups attached to an aromatic ring is 1. The number of phosphoric acid groups is 1. The van der Waals surface area contributed by atoms with E-state index in [4.69, 9.17) is 15.5 Å². The molecule has 1 aliphatic heterocycles. The van der Waals surface area contributed by atoms with E-state index in [9.17, 15) is 4.57 Å². The molecule has 1 unspecified atom stereocenters. The number of rotatable bonds is 6. The summed E-state index contributed by atoms with van der Waals surface area (Å²) < 4.78 is 15.2. The maximum atomic E-state index is 10.7. The molecule has 1 fully saturated rings. The van der Waals surface area contributed by atoms with E-state index in [2.05, 4.69) is 26.3 Å². The molecule has 1 aliphatic rings. The van der Waals surface area contributed by atoms with Gasteiger partial charge in [-0.15, -0.1) is 11.8 Å². The fourth-order valence-corrected chi connectivity index (χ4v) is 4.10. The van der Waals surface area contributed by atoms with Gasteiger partial charge in [-0.05, 0) is 20.3 Å². The zero-order chi connectivity index (χ0) is 16.3. The first-order valence-corrected chi connectivity index (χ1v) is 9.48. The van der Waals surface area contributed by atoms with Gasteiger partial charge in [0.1, 0.15) is 11.6 Å². The number of phosphoric ester groups is 1. The van der Waals surface area contributed by atoms with Crippen molar-refractivity contribution in [3.8, 4) is 0 Å². The molecule has 1 aromatic rings. The molecule has 0 aromatic carbocycles. The highest BCUT2D eigenvalue weighted by atomic mass is 32.2. The fraction of sp³-hybridized carbons (Fsp3) is 0.667. The smallest absolute Gasteiger partial charge is 0.383 e. The van der Waals surface area contributed by atoms with Crippen LogP contribution in [0.2, 0.25) is 0 Å². The number of anilines is 1. The van der Waals surface area contributed by atoms with Crippen molar-refractivity contribution >= 4 is 25.4 Å². The summed E-state index contributed by atoms with van der Waals surface area (Å²) in [4.78, 5) is 28.0. The van der Waals surface area contributed by atoms with Crippen LogP contribution in [0.25, 0.3) is 0 Å². The van der Waals surface area contributed by atoms with Gasteiger partial charge in [-0.25, -0.2) is 14.5 Å². The molecule has 10 heteroatoms. The molecule has 124 valence electrons. The van der Waals surface area contributed by atoms with Crippen LogP contribution in [-0.2, 0) is 15.6 Å². The molecule has 1 aromatic heterocycles. The molecular weight excluding hydrogens is 327 g/mol. The molecule has 0 aliphatic carbocycles. The van der Waals surface area contributed by atoms with Gasteiger partial charge >= 0.3 is 7.82 Å². The fourth-order valence-electron chi connectivity index (χ4n) is 2.34. The normalized spacial score (nSPS) is 23.1. The van der Waals surface area contributed by atoms with E-state index in [-0.39, 0.29) is 17.9 Å². The number of hydrogen-bond donors (Lipinski definition) is 3. The lowest BCUT2D eigenvalue weighted by Gasteiger charge is -2.23. The SMILES string of the molecule is Cc1ncc(CN2CS[C@@H](CCOP(=O)(O)O)C2C)c(N)n1. The molecule has 8 nitrogen and oxygen atoms in total. The monoisotopic (exact) mass is 348 g/mol. The van der Waals surface area contributed by atoms with Crippen LogP contribution in [0.5, 0.6) is 0 Å². The number of hydrogen-bond acceptors (Lipinski definition) is 7. The summed E-state index contributed by atoms with van der Waals surface area (Å²) in [5.74, 6) is 1.98. The van der Waals surface area contributed by atoms with E-state index in [1.807, 2.05) is 0 Å². The number of thioether (sulfide) groups is 1. The zero-order valence-electron chi connectivity index (χ0n) is 12.5. The number of aryl methyl sites for hydroxylation is 1. The van der Waals surface area contributed by atoms with Crippen molar-refractivity contribution < 1.29 is 18.9 Å². The molecule has 22 heavy (non-hydrogen) atoms. The maximum Gasteiger partial charge on any atom is 0.469 e. The van der Waals surface area contributed by atoms with Crippen LogP contribution in [-0.4, -0.2) is 48.4 Å². The molecule has 0 radical (unpaired) electrons. The third-order valence-corrected chi connectivity index (χ3v) is 5.68. The zero-order valence-corrected chi connectivity index (χ0v) is 14.3. The van der Waals surface area contributed by atoms with Gasteiger partial charge < -0.3 is 15.5 Å². The quantitative estimate of drug-likeness (QED) is 0.649. The average molecular weight is 348 g/mol. The van der Waals surface area contributed by atoms with Crippen LogP contribution in [0.3, 0.4) is 0 Å². The Bertz CT molecular complexity index is 570. The van der Waals surface area contributed by atoms with Crippen molar-refractivity contribution in [3.05, 3.63) is 17.6 Å². The maximum absolute atomic E-state index is 10.7. The second-order valence-electron chi connectivity index (χ2n) is 5.26. The molecule has 1 saturated heterocycles. The van der Waals surface area contributed by atoms with Gasteiger partial charge in [0.2, 0.25) is 0 Å². The summed E-state index contributed by atoms with van der Waals surface area (Å²) >= 11 is 1.75. The summed E-state index contributed by atoms with van der Waals surface area (Å²) in [7, 11) is -4.38.